The predicted octanol–water partition coefficient (Wildman–Crippen LogP) is 4.95. The summed E-state index contributed by atoms with van der Waals surface area (Å²) in [7, 11) is 0. The van der Waals surface area contributed by atoms with Gasteiger partial charge in [-0.15, -0.1) is 0 Å². The van der Waals surface area contributed by atoms with Crippen molar-refractivity contribution in [2.24, 2.45) is 0 Å². The van der Waals surface area contributed by atoms with Crippen molar-refractivity contribution in [1.29, 1.82) is 0 Å². The number of carbonyl (C=O) groups is 2. The lowest BCUT2D eigenvalue weighted by molar-refractivity contribution is -0.120. The van der Waals surface area contributed by atoms with Crippen LogP contribution in [0.2, 0.25) is 0 Å². The maximum atomic E-state index is 12.6. The normalized spacial score (nSPS) is 13.0. The van der Waals surface area contributed by atoms with Crippen LogP contribution in [0.5, 0.6) is 5.75 Å². The Labute approximate surface area is 276 Å². The Morgan fingerprint density at radius 3 is 2.40 bits per heavy atom. The fourth-order valence-electron chi connectivity index (χ4n) is 5.82. The summed E-state index contributed by atoms with van der Waals surface area (Å²) in [6.07, 6.45) is 2.30. The molecule has 240 valence electrons. The number of aromatic hydroxyl groups is 1. The molecule has 3 aromatic carbocycles. The molecule has 0 unspecified atom stereocenters. The lowest BCUT2D eigenvalue weighted by Crippen LogP contribution is -2.36. The number of hydrogen-bond donors (Lipinski definition) is 3. The number of pyridine rings is 2. The fraction of sp³-hybridized carbons (Fsp3) is 0.162. The molecule has 4 N–H and O–H groups in total. The molecule has 4 heterocycles. The van der Waals surface area contributed by atoms with Crippen LogP contribution in [-0.4, -0.2) is 63.1 Å². The van der Waals surface area contributed by atoms with Crippen molar-refractivity contribution in [3.8, 4) is 34.1 Å². The van der Waals surface area contributed by atoms with Crippen LogP contribution in [0.4, 0.5) is 11.5 Å². The molecule has 11 heteroatoms. The maximum absolute atomic E-state index is 12.6. The Hall–Kier alpha value is -6.07. The largest absolute Gasteiger partial charge is 0.507 e. The third kappa shape index (κ3) is 6.31. The number of rotatable bonds is 9. The molecule has 0 spiro atoms. The van der Waals surface area contributed by atoms with Crippen molar-refractivity contribution in [3.05, 3.63) is 114 Å². The van der Waals surface area contributed by atoms with Crippen LogP contribution < -0.4 is 16.0 Å². The number of aldehydes is 1. The van der Waals surface area contributed by atoms with Crippen LogP contribution in [0.15, 0.2) is 97.2 Å². The number of phenols is 1. The summed E-state index contributed by atoms with van der Waals surface area (Å²) in [6.45, 7) is 3.52. The number of ether oxygens (including phenoxy) is 1. The number of amides is 1. The molecule has 1 aliphatic rings. The number of aromatic nitrogens is 4. The van der Waals surface area contributed by atoms with Crippen molar-refractivity contribution in [2.45, 2.75) is 13.0 Å². The number of nitrogen functional groups attached to an aromatic ring is 1. The van der Waals surface area contributed by atoms with Gasteiger partial charge in [-0.25, -0.2) is 15.0 Å². The summed E-state index contributed by atoms with van der Waals surface area (Å²) in [5.74, 6) is 0.629. The molecule has 1 saturated heterocycles. The molecule has 1 aliphatic heterocycles. The molecule has 0 aliphatic carbocycles. The first-order chi connectivity index (χ1) is 23.5. The number of hydrogen-bond acceptors (Lipinski definition) is 9. The van der Waals surface area contributed by atoms with Gasteiger partial charge in [-0.2, -0.15) is 0 Å². The fourth-order valence-corrected chi connectivity index (χ4v) is 5.82. The second kappa shape index (κ2) is 13.3. The highest BCUT2D eigenvalue weighted by molar-refractivity contribution is 5.85. The molecular weight excluding hydrogens is 606 g/mol. The van der Waals surface area contributed by atoms with Gasteiger partial charge in [0.05, 0.1) is 36.5 Å². The lowest BCUT2D eigenvalue weighted by atomic mass is 10.1. The van der Waals surface area contributed by atoms with E-state index in [0.29, 0.717) is 46.8 Å². The summed E-state index contributed by atoms with van der Waals surface area (Å²) in [6, 6.07) is 28.5. The van der Waals surface area contributed by atoms with E-state index in [9.17, 15) is 14.7 Å². The van der Waals surface area contributed by atoms with Crippen LogP contribution in [0.3, 0.4) is 0 Å². The van der Waals surface area contributed by atoms with E-state index >= 15 is 0 Å². The molecule has 1 fully saturated rings. The van der Waals surface area contributed by atoms with Crippen LogP contribution in [0.25, 0.3) is 39.5 Å². The number of nitrogens with zero attached hydrogens (tertiary/aromatic N) is 5. The van der Waals surface area contributed by atoms with Crippen LogP contribution >= 0.6 is 0 Å². The first-order valence-electron chi connectivity index (χ1n) is 15.6. The summed E-state index contributed by atoms with van der Waals surface area (Å²) >= 11 is 0. The van der Waals surface area contributed by atoms with Gasteiger partial charge in [0.1, 0.15) is 17.1 Å². The number of morpholine rings is 1. The number of benzene rings is 3. The van der Waals surface area contributed by atoms with Crippen molar-refractivity contribution < 1.29 is 19.4 Å². The Bertz CT molecular complexity index is 2100. The zero-order chi connectivity index (χ0) is 33.0. The van der Waals surface area contributed by atoms with E-state index in [1.165, 1.54) is 12.1 Å². The number of nitrogens with two attached hydrogens (primary N) is 1. The Kier molecular flexibility index (Phi) is 8.50. The molecule has 7 rings (SSSR count). The van der Waals surface area contributed by atoms with Gasteiger partial charge in [-0.3, -0.25) is 14.2 Å². The van der Waals surface area contributed by atoms with Crippen LogP contribution in [-0.2, 0) is 22.5 Å². The molecule has 48 heavy (non-hydrogen) atoms. The number of anilines is 2. The lowest BCUT2D eigenvalue weighted by Gasteiger charge is -2.28. The van der Waals surface area contributed by atoms with Gasteiger partial charge < -0.3 is 25.8 Å². The monoisotopic (exact) mass is 639 g/mol. The molecule has 0 saturated carbocycles. The topological polar surface area (TPSA) is 148 Å². The molecule has 0 bridgehead atoms. The average Bonchev–Trinajstić information content (AvgIpc) is 3.50. The van der Waals surface area contributed by atoms with Crippen LogP contribution in [0.1, 0.15) is 21.5 Å². The zero-order valence-electron chi connectivity index (χ0n) is 26.0. The number of phenolic OH excluding ortho intramolecular Hbond substituents is 1. The minimum atomic E-state index is -0.207. The Balaban J connectivity index is 1.16. The van der Waals surface area contributed by atoms with E-state index in [0.717, 1.165) is 54.5 Å². The van der Waals surface area contributed by atoms with E-state index in [1.54, 1.807) is 12.3 Å². The van der Waals surface area contributed by atoms with Crippen molar-refractivity contribution in [1.82, 2.24) is 24.8 Å². The van der Waals surface area contributed by atoms with E-state index in [4.69, 9.17) is 20.4 Å². The summed E-state index contributed by atoms with van der Waals surface area (Å²) in [4.78, 5) is 40.2. The second-order valence-electron chi connectivity index (χ2n) is 11.5. The Morgan fingerprint density at radius 1 is 0.917 bits per heavy atom. The van der Waals surface area contributed by atoms with Crippen molar-refractivity contribution in [3.63, 3.8) is 0 Å². The second-order valence-corrected chi connectivity index (χ2v) is 11.5. The first-order valence-corrected chi connectivity index (χ1v) is 15.6. The molecule has 1 amide bonds. The number of nitrogens with one attached hydrogen (secondary N) is 1. The minimum absolute atomic E-state index is 0.0750. The van der Waals surface area contributed by atoms with Crippen molar-refractivity contribution in [2.75, 3.05) is 36.9 Å². The predicted molar refractivity (Wildman–Crippen MR) is 184 cm³/mol. The third-order valence-electron chi connectivity index (χ3n) is 8.39. The minimum Gasteiger partial charge on any atom is -0.507 e. The smallest absolute Gasteiger partial charge is 0.224 e. The number of carbonyl (C=O) groups excluding carboxylic acids is 2. The number of imidazole rings is 1. The van der Waals surface area contributed by atoms with Gasteiger partial charge >= 0.3 is 0 Å². The summed E-state index contributed by atoms with van der Waals surface area (Å²) in [5, 5.41) is 12.8. The van der Waals surface area contributed by atoms with E-state index in [-0.39, 0.29) is 23.6 Å². The molecular formula is C37H33N7O4. The number of fused-ring (bicyclic) bond motifs is 1. The van der Waals surface area contributed by atoms with Gasteiger partial charge in [0.2, 0.25) is 5.91 Å². The average molecular weight is 640 g/mol. The van der Waals surface area contributed by atoms with E-state index in [2.05, 4.69) is 39.5 Å². The van der Waals surface area contributed by atoms with Gasteiger partial charge in [-0.05, 0) is 71.8 Å². The van der Waals surface area contributed by atoms with Gasteiger partial charge in [0.15, 0.2) is 17.8 Å². The maximum Gasteiger partial charge on any atom is 0.224 e. The third-order valence-corrected chi connectivity index (χ3v) is 8.39. The molecule has 11 nitrogen and oxygen atoms in total. The standard InChI is InChI=1S/C37H33N7O4/c38-35-30(2-1-15-39-35)36-42-32-14-13-31(26-7-11-28(12-8-26)43-16-18-48-19-17-43)41-37(32)44(36)29-9-4-24(5-10-29)22-40-34(47)21-25-3-6-27(23-45)33(46)20-25/h1-15,20,23,46H,16-19,21-22H2,(H2,38,39)(H,40,47). The van der Waals surface area contributed by atoms with E-state index in [1.807, 2.05) is 53.1 Å². The van der Waals surface area contributed by atoms with Gasteiger partial charge in [0.25, 0.3) is 0 Å². The highest BCUT2D eigenvalue weighted by Gasteiger charge is 2.19. The zero-order valence-corrected chi connectivity index (χ0v) is 26.0. The van der Waals surface area contributed by atoms with E-state index < -0.39 is 0 Å². The Morgan fingerprint density at radius 2 is 1.67 bits per heavy atom. The van der Waals surface area contributed by atoms with Gasteiger partial charge in [-0.1, -0.05) is 30.3 Å². The molecule has 0 radical (unpaired) electrons. The highest BCUT2D eigenvalue weighted by Crippen LogP contribution is 2.32. The summed E-state index contributed by atoms with van der Waals surface area (Å²) < 4.78 is 7.48. The first kappa shape index (κ1) is 30.6. The molecule has 0 atom stereocenters. The molecule has 3 aromatic heterocycles. The highest BCUT2D eigenvalue weighted by atomic mass is 16.5. The van der Waals surface area contributed by atoms with Crippen LogP contribution in [0, 0.1) is 0 Å². The quantitative estimate of drug-likeness (QED) is 0.187. The SMILES string of the molecule is Nc1ncccc1-c1nc2ccc(-c3ccc(N4CCOCC4)cc3)nc2n1-c1ccc(CNC(=O)Cc2ccc(C=O)c(O)c2)cc1. The van der Waals surface area contributed by atoms with Crippen molar-refractivity contribution >= 4 is 34.9 Å². The molecule has 6 aromatic rings. The summed E-state index contributed by atoms with van der Waals surface area (Å²) in [5.41, 5.74) is 13.9. The van der Waals surface area contributed by atoms with Gasteiger partial charge in [0, 0.05) is 42.8 Å².